The molecule has 0 atom stereocenters. The van der Waals surface area contributed by atoms with Crippen molar-refractivity contribution in [3.8, 4) is 0 Å². The van der Waals surface area contributed by atoms with E-state index >= 15 is 0 Å². The van der Waals surface area contributed by atoms with Gasteiger partial charge in [0.1, 0.15) is 0 Å². The van der Waals surface area contributed by atoms with Crippen LogP contribution >= 0.6 is 15.9 Å². The molecule has 1 heterocycles. The predicted molar refractivity (Wildman–Crippen MR) is 81.0 cm³/mol. The molecule has 1 aromatic rings. The topological polar surface area (TPSA) is 29.9 Å². The monoisotopic (exact) mass is 315 g/mol. The molecule has 0 aliphatic carbocycles. The van der Waals surface area contributed by atoms with Gasteiger partial charge in [-0.3, -0.25) is 4.68 Å². The lowest BCUT2D eigenvalue weighted by atomic mass is 9.78. The molecule has 0 saturated heterocycles. The maximum Gasteiger partial charge on any atom is 0.0738 e. The van der Waals surface area contributed by atoms with Crippen LogP contribution < -0.4 is 5.32 Å². The molecule has 18 heavy (non-hydrogen) atoms. The fraction of sp³-hybridized carbons (Fsp3) is 0.786. The van der Waals surface area contributed by atoms with Crippen LogP contribution in [0.15, 0.2) is 4.47 Å². The number of nitrogens with one attached hydrogen (secondary N) is 1. The third-order valence-corrected chi connectivity index (χ3v) is 5.08. The first-order valence-corrected chi connectivity index (χ1v) is 7.69. The zero-order chi connectivity index (χ0) is 13.8. The van der Waals surface area contributed by atoms with E-state index in [0.29, 0.717) is 5.41 Å². The van der Waals surface area contributed by atoms with E-state index in [1.54, 1.807) is 0 Å². The third kappa shape index (κ3) is 3.15. The van der Waals surface area contributed by atoms with Gasteiger partial charge in [0.05, 0.1) is 15.9 Å². The molecule has 104 valence electrons. The largest absolute Gasteiger partial charge is 0.319 e. The van der Waals surface area contributed by atoms with Crippen molar-refractivity contribution < 1.29 is 0 Å². The van der Waals surface area contributed by atoms with Gasteiger partial charge in [0.25, 0.3) is 0 Å². The highest BCUT2D eigenvalue weighted by atomic mass is 79.9. The Hall–Kier alpha value is -0.350. The standard InChI is InChI=1S/C14H26BrN3/c1-6-14(7-2,10-16-5)9-12-13(15)11(4)17-18(12)8-3/h16H,6-10H2,1-5H3. The quantitative estimate of drug-likeness (QED) is 0.834. The maximum absolute atomic E-state index is 4.59. The number of hydrogen-bond acceptors (Lipinski definition) is 2. The van der Waals surface area contributed by atoms with E-state index in [4.69, 9.17) is 0 Å². The maximum atomic E-state index is 4.59. The minimum absolute atomic E-state index is 0.330. The van der Waals surface area contributed by atoms with Gasteiger partial charge in [0.2, 0.25) is 0 Å². The van der Waals surface area contributed by atoms with E-state index in [1.807, 2.05) is 7.05 Å². The minimum atomic E-state index is 0.330. The van der Waals surface area contributed by atoms with Crippen molar-refractivity contribution >= 4 is 15.9 Å². The van der Waals surface area contributed by atoms with E-state index < -0.39 is 0 Å². The summed E-state index contributed by atoms with van der Waals surface area (Å²) in [4.78, 5) is 0. The summed E-state index contributed by atoms with van der Waals surface area (Å²) in [6, 6.07) is 0. The summed E-state index contributed by atoms with van der Waals surface area (Å²) in [5.74, 6) is 0. The molecular formula is C14H26BrN3. The van der Waals surface area contributed by atoms with Crippen molar-refractivity contribution in [2.24, 2.45) is 5.41 Å². The number of halogens is 1. The number of hydrogen-bond donors (Lipinski definition) is 1. The molecule has 0 amide bonds. The average molecular weight is 316 g/mol. The van der Waals surface area contributed by atoms with Gasteiger partial charge in [-0.05, 0) is 61.5 Å². The lowest BCUT2D eigenvalue weighted by Crippen LogP contribution is -2.34. The fourth-order valence-corrected chi connectivity index (χ4v) is 3.00. The molecule has 0 bridgehead atoms. The molecule has 4 heteroatoms. The van der Waals surface area contributed by atoms with Gasteiger partial charge in [0.15, 0.2) is 0 Å². The van der Waals surface area contributed by atoms with E-state index in [9.17, 15) is 0 Å². The second kappa shape index (κ2) is 6.71. The van der Waals surface area contributed by atoms with Gasteiger partial charge in [-0.2, -0.15) is 5.10 Å². The highest BCUT2D eigenvalue weighted by molar-refractivity contribution is 9.10. The zero-order valence-corrected chi connectivity index (χ0v) is 13.9. The molecule has 0 saturated carbocycles. The molecule has 0 unspecified atom stereocenters. The molecule has 1 aromatic heterocycles. The van der Waals surface area contributed by atoms with Gasteiger partial charge < -0.3 is 5.32 Å². The molecule has 0 aliphatic rings. The van der Waals surface area contributed by atoms with Gasteiger partial charge in [-0.15, -0.1) is 0 Å². The van der Waals surface area contributed by atoms with Crippen LogP contribution in [0.2, 0.25) is 0 Å². The van der Waals surface area contributed by atoms with E-state index in [1.165, 1.54) is 23.0 Å². The van der Waals surface area contributed by atoms with Crippen molar-refractivity contribution in [2.45, 2.75) is 53.5 Å². The van der Waals surface area contributed by atoms with E-state index in [0.717, 1.165) is 25.2 Å². The third-order valence-electron chi connectivity index (χ3n) is 4.05. The van der Waals surface area contributed by atoms with Crippen LogP contribution in [-0.2, 0) is 13.0 Å². The first-order chi connectivity index (χ1) is 8.53. The van der Waals surface area contributed by atoms with Crippen LogP contribution in [0.4, 0.5) is 0 Å². The number of aromatic nitrogens is 2. The summed E-state index contributed by atoms with van der Waals surface area (Å²) >= 11 is 3.70. The Labute approximate surface area is 119 Å². The van der Waals surface area contributed by atoms with Crippen LogP contribution in [0.5, 0.6) is 0 Å². The summed E-state index contributed by atoms with van der Waals surface area (Å²) in [7, 11) is 2.04. The first-order valence-electron chi connectivity index (χ1n) is 6.90. The summed E-state index contributed by atoms with van der Waals surface area (Å²) in [6.45, 7) is 10.8. The zero-order valence-electron chi connectivity index (χ0n) is 12.3. The van der Waals surface area contributed by atoms with Crippen molar-refractivity contribution in [1.29, 1.82) is 0 Å². The van der Waals surface area contributed by atoms with Crippen LogP contribution in [0.25, 0.3) is 0 Å². The Morgan fingerprint density at radius 1 is 1.28 bits per heavy atom. The fourth-order valence-electron chi connectivity index (χ4n) is 2.58. The minimum Gasteiger partial charge on any atom is -0.319 e. The van der Waals surface area contributed by atoms with Gasteiger partial charge in [-0.25, -0.2) is 0 Å². The van der Waals surface area contributed by atoms with E-state index in [-0.39, 0.29) is 0 Å². The molecule has 0 radical (unpaired) electrons. The Kier molecular flexibility index (Phi) is 5.86. The highest BCUT2D eigenvalue weighted by Gasteiger charge is 2.29. The lowest BCUT2D eigenvalue weighted by Gasteiger charge is -2.32. The summed E-state index contributed by atoms with van der Waals surface area (Å²) in [6.07, 6.45) is 3.45. The predicted octanol–water partition coefficient (Wildman–Crippen LogP) is 3.54. The molecule has 0 fully saturated rings. The van der Waals surface area contributed by atoms with Gasteiger partial charge in [0, 0.05) is 13.1 Å². The van der Waals surface area contributed by atoms with Crippen molar-refractivity contribution in [3.63, 3.8) is 0 Å². The Balaban J connectivity index is 3.07. The smallest absolute Gasteiger partial charge is 0.0738 e. The Morgan fingerprint density at radius 2 is 1.89 bits per heavy atom. The van der Waals surface area contributed by atoms with E-state index in [2.05, 4.69) is 58.7 Å². The SMILES string of the molecule is CCn1nc(C)c(Br)c1CC(CC)(CC)CNC. The van der Waals surface area contributed by atoms with Crippen LogP contribution in [0.3, 0.4) is 0 Å². The van der Waals surface area contributed by atoms with Crippen LogP contribution in [0.1, 0.15) is 45.0 Å². The summed E-state index contributed by atoms with van der Waals surface area (Å²) in [5.41, 5.74) is 2.77. The van der Waals surface area contributed by atoms with Crippen molar-refractivity contribution in [1.82, 2.24) is 15.1 Å². The van der Waals surface area contributed by atoms with Crippen molar-refractivity contribution in [3.05, 3.63) is 15.9 Å². The van der Waals surface area contributed by atoms with Gasteiger partial charge in [-0.1, -0.05) is 13.8 Å². The van der Waals surface area contributed by atoms with Gasteiger partial charge >= 0.3 is 0 Å². The lowest BCUT2D eigenvalue weighted by molar-refractivity contribution is 0.246. The molecule has 1 N–H and O–H groups in total. The average Bonchev–Trinajstić information content (AvgIpc) is 2.65. The molecular weight excluding hydrogens is 290 g/mol. The Morgan fingerprint density at radius 3 is 2.33 bits per heavy atom. The number of aryl methyl sites for hydroxylation is 2. The molecule has 0 spiro atoms. The highest BCUT2D eigenvalue weighted by Crippen LogP contribution is 2.34. The molecule has 3 nitrogen and oxygen atoms in total. The van der Waals surface area contributed by atoms with Crippen molar-refractivity contribution in [2.75, 3.05) is 13.6 Å². The molecule has 0 aromatic carbocycles. The second-order valence-electron chi connectivity index (χ2n) is 5.08. The Bertz CT molecular complexity index is 381. The molecule has 1 rings (SSSR count). The van der Waals surface area contributed by atoms with Crippen LogP contribution in [-0.4, -0.2) is 23.4 Å². The number of rotatable bonds is 7. The second-order valence-corrected chi connectivity index (χ2v) is 5.87. The summed E-state index contributed by atoms with van der Waals surface area (Å²) in [5, 5.41) is 7.94. The normalized spacial score (nSPS) is 12.1. The molecule has 0 aliphatic heterocycles. The van der Waals surface area contributed by atoms with Crippen LogP contribution in [0, 0.1) is 12.3 Å². The first kappa shape index (κ1) is 15.7. The number of nitrogens with zero attached hydrogens (tertiary/aromatic N) is 2. The summed E-state index contributed by atoms with van der Waals surface area (Å²) < 4.78 is 3.32.